The number of halogens is 4. The molecule has 4 N–H and O–H groups in total. The predicted molar refractivity (Wildman–Crippen MR) is 114 cm³/mol. The fraction of sp³-hybridized carbons (Fsp3) is 0.263. The fourth-order valence-electron chi connectivity index (χ4n) is 3.01. The molecule has 1 aromatic carbocycles. The quantitative estimate of drug-likeness (QED) is 0.365. The van der Waals surface area contributed by atoms with Crippen LogP contribution in [0.5, 0.6) is 0 Å². The summed E-state index contributed by atoms with van der Waals surface area (Å²) in [7, 11) is 0. The number of nitriles is 1. The molecule has 31 heavy (non-hydrogen) atoms. The Bertz CT molecular complexity index is 1020. The van der Waals surface area contributed by atoms with Crippen LogP contribution < -0.4 is 21.0 Å². The van der Waals surface area contributed by atoms with Crippen LogP contribution in [-0.2, 0) is 6.18 Å². The van der Waals surface area contributed by atoms with Gasteiger partial charge in [0.25, 0.3) is 0 Å². The second-order valence-corrected chi connectivity index (χ2v) is 7.05. The average molecular weight is 451 g/mol. The second kappa shape index (κ2) is 9.09. The molecule has 0 atom stereocenters. The van der Waals surface area contributed by atoms with E-state index < -0.39 is 17.6 Å². The van der Waals surface area contributed by atoms with Crippen molar-refractivity contribution in [3.8, 4) is 6.07 Å². The first kappa shape index (κ1) is 22.2. The Kier molecular flexibility index (Phi) is 6.50. The van der Waals surface area contributed by atoms with E-state index in [0.29, 0.717) is 37.7 Å². The van der Waals surface area contributed by atoms with Gasteiger partial charge in [0.05, 0.1) is 16.3 Å². The highest BCUT2D eigenvalue weighted by Crippen LogP contribution is 2.34. The van der Waals surface area contributed by atoms with E-state index in [-0.39, 0.29) is 10.7 Å². The molecule has 0 aliphatic carbocycles. The van der Waals surface area contributed by atoms with Crippen molar-refractivity contribution in [1.82, 2.24) is 4.98 Å². The average Bonchev–Trinajstić information content (AvgIpc) is 2.74. The molecule has 0 bridgehead atoms. The van der Waals surface area contributed by atoms with Gasteiger partial charge in [0.1, 0.15) is 11.9 Å². The molecule has 12 heteroatoms. The first-order valence-electron chi connectivity index (χ1n) is 9.10. The zero-order valence-electron chi connectivity index (χ0n) is 16.1. The Labute approximate surface area is 181 Å². The Hall–Kier alpha value is -3.52. The van der Waals surface area contributed by atoms with Crippen LogP contribution in [0.25, 0.3) is 0 Å². The molecular weight excluding hydrogens is 433 g/mol. The van der Waals surface area contributed by atoms with Gasteiger partial charge in [-0.05, 0) is 30.3 Å². The third-order valence-corrected chi connectivity index (χ3v) is 4.90. The van der Waals surface area contributed by atoms with Gasteiger partial charge in [0, 0.05) is 38.1 Å². The number of anilines is 3. The number of alkyl halides is 3. The van der Waals surface area contributed by atoms with Gasteiger partial charge in [-0.25, -0.2) is 4.98 Å². The van der Waals surface area contributed by atoms with Crippen LogP contribution >= 0.6 is 11.6 Å². The van der Waals surface area contributed by atoms with Crippen LogP contribution in [0.3, 0.4) is 0 Å². The molecule has 2 heterocycles. The van der Waals surface area contributed by atoms with Crippen LogP contribution in [-0.4, -0.2) is 42.7 Å². The molecule has 1 aromatic heterocycles. The standard InChI is InChI=1S/C19H18ClF3N8/c20-15-9-12(19(21,22)23)11-27-18(15)31-7-5-30(6-8-31)14-3-1-13(2-4-14)28-29-16(10-24)17(25)26/h1-4,9,11,28H,5-8H2,(H3,25,26)/b29-16+. The molecule has 3 rings (SSSR count). The third-order valence-electron chi connectivity index (χ3n) is 4.62. The largest absolute Gasteiger partial charge is 0.417 e. The van der Waals surface area contributed by atoms with Gasteiger partial charge in [0.15, 0.2) is 5.84 Å². The van der Waals surface area contributed by atoms with E-state index in [4.69, 9.17) is 28.0 Å². The van der Waals surface area contributed by atoms with Gasteiger partial charge >= 0.3 is 6.18 Å². The first-order chi connectivity index (χ1) is 14.7. The van der Waals surface area contributed by atoms with Crippen molar-refractivity contribution in [2.45, 2.75) is 6.18 Å². The van der Waals surface area contributed by atoms with E-state index in [0.717, 1.165) is 18.0 Å². The highest BCUT2D eigenvalue weighted by atomic mass is 35.5. The third kappa shape index (κ3) is 5.35. The minimum Gasteiger partial charge on any atom is -0.382 e. The summed E-state index contributed by atoms with van der Waals surface area (Å²) in [5, 5.41) is 19.8. The molecule has 0 spiro atoms. The molecule has 1 aliphatic heterocycles. The number of piperazine rings is 1. The smallest absolute Gasteiger partial charge is 0.382 e. The summed E-state index contributed by atoms with van der Waals surface area (Å²) in [6.07, 6.45) is -3.69. The highest BCUT2D eigenvalue weighted by Gasteiger charge is 2.32. The van der Waals surface area contributed by atoms with E-state index >= 15 is 0 Å². The van der Waals surface area contributed by atoms with Crippen LogP contribution in [0.2, 0.25) is 5.02 Å². The number of nitrogens with two attached hydrogens (primary N) is 1. The molecule has 1 fully saturated rings. The molecule has 0 saturated carbocycles. The summed E-state index contributed by atoms with van der Waals surface area (Å²) in [6.45, 7) is 2.36. The lowest BCUT2D eigenvalue weighted by Crippen LogP contribution is -2.47. The zero-order valence-corrected chi connectivity index (χ0v) is 16.9. The van der Waals surface area contributed by atoms with Crippen molar-refractivity contribution >= 4 is 40.3 Å². The molecular formula is C19H18ClF3N8. The normalized spacial score (nSPS) is 14.9. The molecule has 2 aromatic rings. The maximum atomic E-state index is 12.8. The number of nitrogens with one attached hydrogen (secondary N) is 2. The number of hydrogen-bond acceptors (Lipinski definition) is 7. The van der Waals surface area contributed by atoms with Gasteiger partial charge in [-0.3, -0.25) is 10.8 Å². The molecule has 162 valence electrons. The Morgan fingerprint density at radius 2 is 1.81 bits per heavy atom. The highest BCUT2D eigenvalue weighted by molar-refractivity contribution is 6.45. The number of amidine groups is 1. The number of hydrogen-bond donors (Lipinski definition) is 3. The van der Waals surface area contributed by atoms with Crippen LogP contribution in [0, 0.1) is 16.7 Å². The van der Waals surface area contributed by atoms with Crippen molar-refractivity contribution in [3.05, 3.63) is 47.1 Å². The van der Waals surface area contributed by atoms with Gasteiger partial charge in [-0.2, -0.15) is 23.5 Å². The van der Waals surface area contributed by atoms with E-state index in [9.17, 15) is 13.2 Å². The van der Waals surface area contributed by atoms with Crippen molar-refractivity contribution in [3.63, 3.8) is 0 Å². The van der Waals surface area contributed by atoms with Gasteiger partial charge in [-0.15, -0.1) is 0 Å². The number of rotatable bonds is 5. The monoisotopic (exact) mass is 450 g/mol. The minimum absolute atomic E-state index is 0.0263. The topological polar surface area (TPSA) is 117 Å². The number of pyridine rings is 1. The minimum atomic E-state index is -4.48. The lowest BCUT2D eigenvalue weighted by Gasteiger charge is -2.37. The van der Waals surface area contributed by atoms with Crippen LogP contribution in [0.4, 0.5) is 30.4 Å². The number of aromatic nitrogens is 1. The SMILES string of the molecule is N#C/C(=N\Nc1ccc(N2CCN(c3ncc(C(F)(F)F)cc3Cl)CC2)cc1)C(=N)N. The van der Waals surface area contributed by atoms with Crippen LogP contribution in [0.15, 0.2) is 41.6 Å². The molecule has 0 amide bonds. The molecule has 8 nitrogen and oxygen atoms in total. The Morgan fingerprint density at radius 3 is 2.32 bits per heavy atom. The van der Waals surface area contributed by atoms with Crippen molar-refractivity contribution < 1.29 is 13.2 Å². The molecule has 0 radical (unpaired) electrons. The van der Waals surface area contributed by atoms with E-state index in [1.165, 1.54) is 0 Å². The molecule has 1 aliphatic rings. The first-order valence-corrected chi connectivity index (χ1v) is 9.47. The zero-order chi connectivity index (χ0) is 22.6. The maximum Gasteiger partial charge on any atom is 0.417 e. The number of hydrazone groups is 1. The van der Waals surface area contributed by atoms with Gasteiger partial charge < -0.3 is 15.5 Å². The van der Waals surface area contributed by atoms with Crippen molar-refractivity contribution in [1.29, 1.82) is 10.7 Å². The number of nitrogens with zero attached hydrogens (tertiary/aromatic N) is 5. The van der Waals surface area contributed by atoms with E-state index in [1.54, 1.807) is 18.2 Å². The Morgan fingerprint density at radius 1 is 1.19 bits per heavy atom. The van der Waals surface area contributed by atoms with E-state index in [1.807, 2.05) is 17.0 Å². The van der Waals surface area contributed by atoms with Gasteiger partial charge in [-0.1, -0.05) is 11.6 Å². The summed E-state index contributed by atoms with van der Waals surface area (Å²) >= 11 is 6.04. The van der Waals surface area contributed by atoms with Crippen molar-refractivity contribution in [2.75, 3.05) is 41.4 Å². The summed E-state index contributed by atoms with van der Waals surface area (Å²) in [4.78, 5) is 7.90. The van der Waals surface area contributed by atoms with Crippen LogP contribution in [0.1, 0.15) is 5.56 Å². The summed E-state index contributed by atoms with van der Waals surface area (Å²) in [5.41, 5.74) is 8.40. The summed E-state index contributed by atoms with van der Waals surface area (Å²) in [5.74, 6) is -0.0855. The maximum absolute atomic E-state index is 12.8. The van der Waals surface area contributed by atoms with E-state index in [2.05, 4.69) is 20.4 Å². The number of benzene rings is 1. The molecule has 0 unspecified atom stereocenters. The predicted octanol–water partition coefficient (Wildman–Crippen LogP) is 3.31. The second-order valence-electron chi connectivity index (χ2n) is 6.65. The Balaban J connectivity index is 1.61. The van der Waals surface area contributed by atoms with Gasteiger partial charge in [0.2, 0.25) is 5.71 Å². The lowest BCUT2D eigenvalue weighted by molar-refractivity contribution is -0.137. The summed E-state index contributed by atoms with van der Waals surface area (Å²) < 4.78 is 38.4. The molecule has 1 saturated heterocycles. The summed E-state index contributed by atoms with van der Waals surface area (Å²) in [6, 6.07) is 9.91. The lowest BCUT2D eigenvalue weighted by atomic mass is 10.2. The van der Waals surface area contributed by atoms with Crippen molar-refractivity contribution in [2.24, 2.45) is 10.8 Å². The fourth-order valence-corrected chi connectivity index (χ4v) is 3.29.